The van der Waals surface area contributed by atoms with E-state index in [9.17, 15) is 0 Å². The van der Waals surface area contributed by atoms with E-state index < -0.39 is 0 Å². The van der Waals surface area contributed by atoms with E-state index in [0.717, 1.165) is 12.7 Å². The molecule has 0 spiro atoms. The van der Waals surface area contributed by atoms with Crippen molar-refractivity contribution in [1.29, 1.82) is 0 Å². The third-order valence-corrected chi connectivity index (χ3v) is 1.17. The van der Waals surface area contributed by atoms with Crippen LogP contribution in [0.15, 0.2) is 0 Å². The molecule has 0 aromatic rings. The van der Waals surface area contributed by atoms with E-state index in [4.69, 9.17) is 15.0 Å². The highest BCUT2D eigenvalue weighted by Gasteiger charge is 2.11. The van der Waals surface area contributed by atoms with Crippen molar-refractivity contribution < 1.29 is 9.31 Å². The van der Waals surface area contributed by atoms with E-state index in [1.165, 1.54) is 0 Å². The van der Waals surface area contributed by atoms with E-state index in [1.54, 1.807) is 14.2 Å². The summed E-state index contributed by atoms with van der Waals surface area (Å²) in [7, 11) is 3.18. The van der Waals surface area contributed by atoms with Crippen LogP contribution in [0.3, 0.4) is 0 Å². The zero-order valence-electron chi connectivity index (χ0n) is 6.09. The van der Waals surface area contributed by atoms with Gasteiger partial charge in [0.15, 0.2) is 0 Å². The van der Waals surface area contributed by atoms with Crippen LogP contribution in [0, 0.1) is 0 Å². The molecule has 0 heterocycles. The molecule has 0 aromatic carbocycles. The Bertz CT molecular complexity index is 58.9. The first-order valence-corrected chi connectivity index (χ1v) is 3.10. The van der Waals surface area contributed by atoms with Gasteiger partial charge in [-0.05, 0) is 19.3 Å². The first-order chi connectivity index (χ1) is 4.35. The van der Waals surface area contributed by atoms with Crippen molar-refractivity contribution in [2.24, 2.45) is 5.73 Å². The van der Waals surface area contributed by atoms with Crippen molar-refractivity contribution in [3.8, 4) is 0 Å². The molecule has 2 N–H and O–H groups in total. The van der Waals surface area contributed by atoms with Gasteiger partial charge in [-0.2, -0.15) is 0 Å². The lowest BCUT2D eigenvalue weighted by molar-refractivity contribution is 0.277. The zero-order chi connectivity index (χ0) is 7.11. The highest BCUT2D eigenvalue weighted by atomic mass is 16.6. The Morgan fingerprint density at radius 1 is 1.33 bits per heavy atom. The van der Waals surface area contributed by atoms with E-state index in [2.05, 4.69) is 0 Å². The van der Waals surface area contributed by atoms with Crippen LogP contribution >= 0.6 is 0 Å². The molecule has 0 unspecified atom stereocenters. The van der Waals surface area contributed by atoms with Gasteiger partial charge in [0.05, 0.1) is 0 Å². The Labute approximate surface area is 56.7 Å². The monoisotopic (exact) mass is 131 g/mol. The van der Waals surface area contributed by atoms with Crippen LogP contribution in [0.2, 0.25) is 6.32 Å². The summed E-state index contributed by atoms with van der Waals surface area (Å²) >= 11 is 0. The van der Waals surface area contributed by atoms with Crippen LogP contribution in [0.4, 0.5) is 0 Å². The molecule has 0 aliphatic carbocycles. The molecule has 54 valence electrons. The van der Waals surface area contributed by atoms with Crippen LogP contribution in [0.5, 0.6) is 0 Å². The fourth-order valence-electron chi connectivity index (χ4n) is 0.616. The van der Waals surface area contributed by atoms with Crippen LogP contribution in [0.1, 0.15) is 6.42 Å². The van der Waals surface area contributed by atoms with Crippen LogP contribution in [-0.4, -0.2) is 27.9 Å². The minimum Gasteiger partial charge on any atom is -0.414 e. The zero-order valence-corrected chi connectivity index (χ0v) is 6.09. The van der Waals surface area contributed by atoms with Gasteiger partial charge < -0.3 is 15.0 Å². The molecular weight excluding hydrogens is 117 g/mol. The lowest BCUT2D eigenvalue weighted by atomic mass is 9.83. The molecule has 0 rings (SSSR count). The second-order valence-corrected chi connectivity index (χ2v) is 1.83. The Morgan fingerprint density at radius 3 is 2.22 bits per heavy atom. The average Bonchev–Trinajstić information content (AvgIpc) is 1.91. The van der Waals surface area contributed by atoms with Gasteiger partial charge in [0.1, 0.15) is 0 Å². The fraction of sp³-hybridized carbons (Fsp3) is 1.00. The second kappa shape index (κ2) is 6.07. The summed E-state index contributed by atoms with van der Waals surface area (Å²) in [5.41, 5.74) is 5.28. The number of hydrogen-bond donors (Lipinski definition) is 1. The minimum atomic E-state index is -0.0754. The lowest BCUT2D eigenvalue weighted by Crippen LogP contribution is -2.19. The number of hydrogen-bond acceptors (Lipinski definition) is 3. The van der Waals surface area contributed by atoms with Gasteiger partial charge in [-0.25, -0.2) is 0 Å². The van der Waals surface area contributed by atoms with E-state index >= 15 is 0 Å². The molecule has 4 heteroatoms. The number of nitrogens with two attached hydrogens (primary N) is 1. The topological polar surface area (TPSA) is 44.5 Å². The van der Waals surface area contributed by atoms with E-state index in [0.29, 0.717) is 6.54 Å². The first-order valence-electron chi connectivity index (χ1n) is 3.10. The normalized spacial score (nSPS) is 9.67. The highest BCUT2D eigenvalue weighted by molar-refractivity contribution is 6.44. The molecule has 0 aliphatic rings. The molecule has 0 fully saturated rings. The Balaban J connectivity index is 3.09. The van der Waals surface area contributed by atoms with Crippen molar-refractivity contribution in [3.63, 3.8) is 0 Å². The van der Waals surface area contributed by atoms with Gasteiger partial charge in [0.25, 0.3) is 0 Å². The summed E-state index contributed by atoms with van der Waals surface area (Å²) in [6.45, 7) is 0.698. The third kappa shape index (κ3) is 4.45. The van der Waals surface area contributed by atoms with Crippen LogP contribution in [-0.2, 0) is 9.31 Å². The van der Waals surface area contributed by atoms with Crippen molar-refractivity contribution in [3.05, 3.63) is 0 Å². The van der Waals surface area contributed by atoms with Gasteiger partial charge in [0, 0.05) is 14.2 Å². The molecule has 0 saturated heterocycles. The Hall–Kier alpha value is -0.0551. The first kappa shape index (κ1) is 8.94. The summed E-state index contributed by atoms with van der Waals surface area (Å²) in [4.78, 5) is 0. The van der Waals surface area contributed by atoms with Crippen LogP contribution in [0.25, 0.3) is 0 Å². The highest BCUT2D eigenvalue weighted by Crippen LogP contribution is 1.96. The maximum absolute atomic E-state index is 5.28. The smallest absolute Gasteiger partial charge is 0.414 e. The van der Waals surface area contributed by atoms with Gasteiger partial charge in [0.2, 0.25) is 0 Å². The largest absolute Gasteiger partial charge is 0.456 e. The molecule has 0 radical (unpaired) electrons. The second-order valence-electron chi connectivity index (χ2n) is 1.83. The molecule has 0 bridgehead atoms. The standard InChI is InChI=1S/C5H14BNO2/c1-8-6(9-2)4-3-5-7/h3-5,7H2,1-2H3. The van der Waals surface area contributed by atoms with E-state index in [-0.39, 0.29) is 7.12 Å². The lowest BCUT2D eigenvalue weighted by Gasteiger charge is -2.05. The quantitative estimate of drug-likeness (QED) is 0.538. The molecule has 0 saturated carbocycles. The number of rotatable bonds is 5. The van der Waals surface area contributed by atoms with Crippen molar-refractivity contribution >= 4 is 7.12 Å². The summed E-state index contributed by atoms with van der Waals surface area (Å²) in [6.07, 6.45) is 1.83. The summed E-state index contributed by atoms with van der Waals surface area (Å²) in [5, 5.41) is 0. The molecular formula is C5H14BNO2. The Kier molecular flexibility index (Phi) is 6.03. The molecule has 0 amide bonds. The summed E-state index contributed by atoms with van der Waals surface area (Å²) < 4.78 is 9.85. The van der Waals surface area contributed by atoms with Crippen LogP contribution < -0.4 is 5.73 Å². The molecule has 0 aromatic heterocycles. The van der Waals surface area contributed by atoms with Crippen molar-refractivity contribution in [2.75, 3.05) is 20.8 Å². The fourth-order valence-corrected chi connectivity index (χ4v) is 0.616. The van der Waals surface area contributed by atoms with E-state index in [1.807, 2.05) is 0 Å². The predicted octanol–water partition coefficient (Wildman–Crippen LogP) is 0.116. The maximum atomic E-state index is 5.28. The Morgan fingerprint density at radius 2 is 1.89 bits per heavy atom. The maximum Gasteiger partial charge on any atom is 0.456 e. The molecule has 0 atom stereocenters. The molecule has 9 heavy (non-hydrogen) atoms. The van der Waals surface area contributed by atoms with Gasteiger partial charge in [-0.1, -0.05) is 0 Å². The van der Waals surface area contributed by atoms with Gasteiger partial charge in [-0.3, -0.25) is 0 Å². The van der Waals surface area contributed by atoms with Crippen molar-refractivity contribution in [1.82, 2.24) is 0 Å². The minimum absolute atomic E-state index is 0.0754. The molecule has 3 nitrogen and oxygen atoms in total. The predicted molar refractivity (Wildman–Crippen MR) is 38.3 cm³/mol. The third-order valence-electron chi connectivity index (χ3n) is 1.17. The van der Waals surface area contributed by atoms with Gasteiger partial charge in [-0.15, -0.1) is 0 Å². The summed E-state index contributed by atoms with van der Waals surface area (Å²) in [5.74, 6) is 0. The summed E-state index contributed by atoms with van der Waals surface area (Å²) in [6, 6.07) is 0. The average molecular weight is 131 g/mol. The van der Waals surface area contributed by atoms with Crippen molar-refractivity contribution in [2.45, 2.75) is 12.7 Å². The SMILES string of the molecule is COB(CCCN)OC. The van der Waals surface area contributed by atoms with Gasteiger partial charge >= 0.3 is 7.12 Å². The molecule has 0 aliphatic heterocycles.